The van der Waals surface area contributed by atoms with Gasteiger partial charge >= 0.3 is 0 Å². The highest BCUT2D eigenvalue weighted by atomic mass is 32.2. The molecule has 0 spiro atoms. The average molecular weight is 266 g/mol. The number of nitrogens with two attached hydrogens (primary N) is 1. The van der Waals surface area contributed by atoms with Gasteiger partial charge in [-0.3, -0.25) is 4.79 Å². The maximum absolute atomic E-state index is 12.0. The van der Waals surface area contributed by atoms with Crippen LogP contribution in [-0.4, -0.2) is 41.5 Å². The summed E-state index contributed by atoms with van der Waals surface area (Å²) in [4.78, 5) is 13.9. The van der Waals surface area contributed by atoms with Gasteiger partial charge in [0, 0.05) is 29.8 Å². The summed E-state index contributed by atoms with van der Waals surface area (Å²) in [7, 11) is 0. The third-order valence-electron chi connectivity index (χ3n) is 2.93. The van der Waals surface area contributed by atoms with Gasteiger partial charge in [0.1, 0.15) is 5.75 Å². The van der Waals surface area contributed by atoms with Crippen molar-refractivity contribution in [2.24, 2.45) is 0 Å². The van der Waals surface area contributed by atoms with E-state index in [1.165, 1.54) is 0 Å². The zero-order chi connectivity index (χ0) is 13.0. The lowest BCUT2D eigenvalue weighted by Gasteiger charge is -2.32. The molecule has 4 nitrogen and oxygen atoms in total. The lowest BCUT2D eigenvalue weighted by Crippen LogP contribution is -2.46. The summed E-state index contributed by atoms with van der Waals surface area (Å²) in [5.74, 6) is 2.75. The zero-order valence-corrected chi connectivity index (χ0v) is 11.3. The number of nitrogens with zero attached hydrogens (tertiary/aromatic N) is 1. The highest BCUT2D eigenvalue weighted by Gasteiger charge is 2.23. The minimum Gasteiger partial charge on any atom is -0.484 e. The van der Waals surface area contributed by atoms with E-state index >= 15 is 0 Å². The van der Waals surface area contributed by atoms with E-state index in [1.807, 2.05) is 16.7 Å². The Morgan fingerprint density at radius 3 is 2.89 bits per heavy atom. The number of carbonyl (C=O) groups excluding carboxylic acids is 1. The fourth-order valence-electron chi connectivity index (χ4n) is 1.89. The third-order valence-corrected chi connectivity index (χ3v) is 4.12. The molecule has 0 aromatic heterocycles. The highest BCUT2D eigenvalue weighted by molar-refractivity contribution is 7.99. The first-order valence-electron chi connectivity index (χ1n) is 6.02. The van der Waals surface area contributed by atoms with Crippen LogP contribution in [0.4, 0.5) is 5.69 Å². The molecule has 0 bridgehead atoms. The smallest absolute Gasteiger partial charge is 0.260 e. The number of ether oxygens (including phenoxy) is 1. The maximum atomic E-state index is 12.0. The molecular weight excluding hydrogens is 248 g/mol. The Kier molecular flexibility index (Phi) is 4.36. The molecule has 1 saturated heterocycles. The molecule has 1 aliphatic rings. The Labute approximate surface area is 111 Å². The molecule has 1 aromatic carbocycles. The molecule has 0 saturated carbocycles. The van der Waals surface area contributed by atoms with E-state index in [0.717, 1.165) is 18.1 Å². The van der Waals surface area contributed by atoms with Crippen molar-refractivity contribution < 1.29 is 9.53 Å². The molecule has 1 fully saturated rings. The fourth-order valence-corrected chi connectivity index (χ4v) is 2.90. The number of benzene rings is 1. The number of anilines is 1. The molecule has 1 amide bonds. The minimum absolute atomic E-state index is 0.0552. The van der Waals surface area contributed by atoms with Crippen molar-refractivity contribution in [3.63, 3.8) is 0 Å². The van der Waals surface area contributed by atoms with Crippen molar-refractivity contribution >= 4 is 23.4 Å². The first-order valence-corrected chi connectivity index (χ1v) is 7.18. The molecule has 2 rings (SSSR count). The van der Waals surface area contributed by atoms with Crippen LogP contribution in [0.5, 0.6) is 5.75 Å². The van der Waals surface area contributed by atoms with E-state index in [4.69, 9.17) is 10.5 Å². The summed E-state index contributed by atoms with van der Waals surface area (Å²) in [5.41, 5.74) is 6.27. The van der Waals surface area contributed by atoms with Gasteiger partial charge in [-0.25, -0.2) is 0 Å². The minimum atomic E-state index is 0.0552. The number of amides is 1. The molecule has 18 heavy (non-hydrogen) atoms. The predicted molar refractivity (Wildman–Crippen MR) is 74.8 cm³/mol. The van der Waals surface area contributed by atoms with E-state index in [1.54, 1.807) is 24.3 Å². The number of hydrogen-bond acceptors (Lipinski definition) is 4. The summed E-state index contributed by atoms with van der Waals surface area (Å²) < 4.78 is 5.47. The van der Waals surface area contributed by atoms with Crippen molar-refractivity contribution in [1.29, 1.82) is 0 Å². The van der Waals surface area contributed by atoms with Crippen LogP contribution in [-0.2, 0) is 4.79 Å². The van der Waals surface area contributed by atoms with E-state index < -0.39 is 0 Å². The van der Waals surface area contributed by atoms with E-state index in [2.05, 4.69) is 6.92 Å². The van der Waals surface area contributed by atoms with Crippen molar-refractivity contribution in [3.05, 3.63) is 24.3 Å². The van der Waals surface area contributed by atoms with Gasteiger partial charge in [-0.05, 0) is 31.2 Å². The molecule has 98 valence electrons. The normalized spacial score (nSPS) is 19.6. The topological polar surface area (TPSA) is 55.6 Å². The van der Waals surface area contributed by atoms with Crippen LogP contribution in [0.1, 0.15) is 6.92 Å². The van der Waals surface area contributed by atoms with Crippen molar-refractivity contribution in [1.82, 2.24) is 4.90 Å². The largest absolute Gasteiger partial charge is 0.484 e. The van der Waals surface area contributed by atoms with Crippen LogP contribution in [0.3, 0.4) is 0 Å². The predicted octanol–water partition coefficient (Wildman–Crippen LogP) is 1.61. The molecule has 2 N–H and O–H groups in total. The molecule has 5 heteroatoms. The van der Waals surface area contributed by atoms with Crippen molar-refractivity contribution in [2.75, 3.05) is 30.4 Å². The first kappa shape index (κ1) is 13.1. The van der Waals surface area contributed by atoms with Gasteiger partial charge in [0.2, 0.25) is 0 Å². The van der Waals surface area contributed by atoms with Crippen molar-refractivity contribution in [2.45, 2.75) is 13.0 Å². The summed E-state index contributed by atoms with van der Waals surface area (Å²) in [6.07, 6.45) is 0. The van der Waals surface area contributed by atoms with Crippen LogP contribution in [0.25, 0.3) is 0 Å². The zero-order valence-electron chi connectivity index (χ0n) is 10.5. The number of thioether (sulfide) groups is 1. The second kappa shape index (κ2) is 6.00. The maximum Gasteiger partial charge on any atom is 0.260 e. The van der Waals surface area contributed by atoms with Gasteiger partial charge in [0.25, 0.3) is 5.91 Å². The second-order valence-electron chi connectivity index (χ2n) is 4.37. The van der Waals surface area contributed by atoms with Crippen LogP contribution < -0.4 is 10.5 Å². The van der Waals surface area contributed by atoms with Gasteiger partial charge in [-0.1, -0.05) is 0 Å². The Hall–Kier alpha value is -1.36. The second-order valence-corrected chi connectivity index (χ2v) is 5.52. The molecule has 1 heterocycles. The standard InChI is InChI=1S/C13H18N2O2S/c1-10-9-18-7-6-15(10)13(16)8-17-12-4-2-11(14)3-5-12/h2-5,10H,6-9,14H2,1H3. The number of nitrogen functional groups attached to an aromatic ring is 1. The van der Waals surface area contributed by atoms with Crippen LogP contribution in [0.15, 0.2) is 24.3 Å². The summed E-state index contributed by atoms with van der Waals surface area (Å²) in [5, 5.41) is 0. The average Bonchev–Trinajstić information content (AvgIpc) is 2.38. The van der Waals surface area contributed by atoms with Gasteiger partial charge in [0.05, 0.1) is 0 Å². The Morgan fingerprint density at radius 2 is 2.22 bits per heavy atom. The van der Waals surface area contributed by atoms with E-state index in [0.29, 0.717) is 17.5 Å². The third kappa shape index (κ3) is 3.32. The van der Waals surface area contributed by atoms with Gasteiger partial charge in [0.15, 0.2) is 6.61 Å². The Bertz CT molecular complexity index is 408. The molecular formula is C13H18N2O2S. The molecule has 1 atom stereocenters. The monoisotopic (exact) mass is 266 g/mol. The molecule has 1 aromatic rings. The SMILES string of the molecule is CC1CSCCN1C(=O)COc1ccc(N)cc1. The van der Waals surface area contributed by atoms with Crippen molar-refractivity contribution in [3.8, 4) is 5.75 Å². The summed E-state index contributed by atoms with van der Waals surface area (Å²) in [6, 6.07) is 7.38. The quantitative estimate of drug-likeness (QED) is 0.845. The van der Waals surface area contributed by atoms with Crippen LogP contribution in [0, 0.1) is 0 Å². The van der Waals surface area contributed by atoms with Crippen LogP contribution >= 0.6 is 11.8 Å². The number of rotatable bonds is 3. The van der Waals surface area contributed by atoms with Gasteiger partial charge in [-0.2, -0.15) is 11.8 Å². The van der Waals surface area contributed by atoms with Gasteiger partial charge < -0.3 is 15.4 Å². The fraction of sp³-hybridized carbons (Fsp3) is 0.462. The van der Waals surface area contributed by atoms with E-state index in [9.17, 15) is 4.79 Å². The summed E-state index contributed by atoms with van der Waals surface area (Å²) in [6.45, 7) is 2.99. The van der Waals surface area contributed by atoms with E-state index in [-0.39, 0.29) is 12.5 Å². The first-order chi connectivity index (χ1) is 8.66. The van der Waals surface area contributed by atoms with Gasteiger partial charge in [-0.15, -0.1) is 0 Å². The van der Waals surface area contributed by atoms with Crippen LogP contribution in [0.2, 0.25) is 0 Å². The molecule has 1 unspecified atom stereocenters. The number of carbonyl (C=O) groups is 1. The number of hydrogen-bond donors (Lipinski definition) is 1. The molecule has 0 aliphatic carbocycles. The highest BCUT2D eigenvalue weighted by Crippen LogP contribution is 2.17. The lowest BCUT2D eigenvalue weighted by molar-refractivity contribution is -0.134. The lowest BCUT2D eigenvalue weighted by atomic mass is 10.3. The summed E-state index contributed by atoms with van der Waals surface area (Å²) >= 11 is 1.89. The Morgan fingerprint density at radius 1 is 1.50 bits per heavy atom. The molecule has 0 radical (unpaired) electrons. The molecule has 1 aliphatic heterocycles. The Balaban J connectivity index is 1.85.